The van der Waals surface area contributed by atoms with E-state index in [0.717, 1.165) is 0 Å². The second-order valence-corrected chi connectivity index (χ2v) is 3.99. The number of nitrogens with zero attached hydrogens (tertiary/aromatic N) is 2. The van der Waals surface area contributed by atoms with Gasteiger partial charge in [0.25, 0.3) is 0 Å². The maximum Gasteiger partial charge on any atom is 0.415 e. The van der Waals surface area contributed by atoms with Gasteiger partial charge in [0, 0.05) is 5.54 Å². The summed E-state index contributed by atoms with van der Waals surface area (Å²) in [4.78, 5) is 14.9. The lowest BCUT2D eigenvalue weighted by Crippen LogP contribution is -2.42. The average Bonchev–Trinajstić information content (AvgIpc) is 2.48. The van der Waals surface area contributed by atoms with Crippen LogP contribution < -0.4 is 10.1 Å². The summed E-state index contributed by atoms with van der Waals surface area (Å²) in [5.41, 5.74) is -0.382. The quantitative estimate of drug-likeness (QED) is 0.652. The van der Waals surface area contributed by atoms with E-state index in [1.54, 1.807) is 0 Å². The van der Waals surface area contributed by atoms with E-state index in [9.17, 15) is 4.79 Å². The van der Waals surface area contributed by atoms with Crippen molar-refractivity contribution in [1.29, 1.82) is 0 Å². The summed E-state index contributed by atoms with van der Waals surface area (Å²) in [5, 5.41) is 17.2. The average molecular weight is 214 g/mol. The fourth-order valence-corrected chi connectivity index (χ4v) is 0.809. The summed E-state index contributed by atoms with van der Waals surface area (Å²) in [6.07, 6.45) is -0.633. The van der Waals surface area contributed by atoms with Crippen molar-refractivity contribution in [2.24, 2.45) is 0 Å². The second-order valence-electron chi connectivity index (χ2n) is 3.99. The standard InChI is InChI=1S/C8H14N4O3/c1-8(2,3)10-7(14)15-6-9-5(4-13)11-12-6/h13H,4H2,1-3H3,(H,10,14)(H,9,11,12). The van der Waals surface area contributed by atoms with Crippen molar-refractivity contribution >= 4 is 6.09 Å². The van der Waals surface area contributed by atoms with Gasteiger partial charge in [-0.2, -0.15) is 4.98 Å². The minimum absolute atomic E-state index is 0.110. The highest BCUT2D eigenvalue weighted by atomic mass is 16.6. The number of aliphatic hydroxyl groups is 1. The fourth-order valence-electron chi connectivity index (χ4n) is 0.809. The van der Waals surface area contributed by atoms with E-state index in [4.69, 9.17) is 9.84 Å². The van der Waals surface area contributed by atoms with Crippen molar-refractivity contribution in [3.63, 3.8) is 0 Å². The van der Waals surface area contributed by atoms with Crippen LogP contribution in [-0.2, 0) is 6.61 Å². The molecule has 0 aliphatic rings. The van der Waals surface area contributed by atoms with E-state index in [-0.39, 0.29) is 24.0 Å². The Morgan fingerprint density at radius 3 is 2.73 bits per heavy atom. The Morgan fingerprint density at radius 1 is 1.60 bits per heavy atom. The van der Waals surface area contributed by atoms with Gasteiger partial charge in [-0.05, 0) is 20.8 Å². The predicted octanol–water partition coefficient (Wildman–Crippen LogP) is 0.184. The van der Waals surface area contributed by atoms with Gasteiger partial charge in [-0.1, -0.05) is 0 Å². The van der Waals surface area contributed by atoms with Gasteiger partial charge in [0.1, 0.15) is 6.61 Å². The minimum Gasteiger partial charge on any atom is -0.388 e. The number of aliphatic hydroxyl groups excluding tert-OH is 1. The molecule has 0 aliphatic carbocycles. The Bertz CT molecular complexity index is 342. The predicted molar refractivity (Wildman–Crippen MR) is 51.2 cm³/mol. The Labute approximate surface area is 86.9 Å². The number of rotatable bonds is 2. The highest BCUT2D eigenvalue weighted by Crippen LogP contribution is 2.04. The third kappa shape index (κ3) is 3.94. The molecule has 84 valence electrons. The summed E-state index contributed by atoms with van der Waals surface area (Å²) in [6.45, 7) is 5.19. The van der Waals surface area contributed by atoms with E-state index in [0.29, 0.717) is 0 Å². The maximum atomic E-state index is 11.2. The summed E-state index contributed by atoms with van der Waals surface area (Å²) in [6, 6.07) is -0.110. The Balaban J connectivity index is 2.51. The Hall–Kier alpha value is -1.63. The molecule has 1 heterocycles. The summed E-state index contributed by atoms with van der Waals surface area (Å²) < 4.78 is 4.76. The van der Waals surface area contributed by atoms with Crippen LogP contribution >= 0.6 is 0 Å². The number of hydrogen-bond acceptors (Lipinski definition) is 5. The molecule has 0 saturated carbocycles. The van der Waals surface area contributed by atoms with Crippen molar-refractivity contribution in [2.45, 2.75) is 32.9 Å². The zero-order valence-corrected chi connectivity index (χ0v) is 8.87. The van der Waals surface area contributed by atoms with Crippen LogP contribution in [0.3, 0.4) is 0 Å². The van der Waals surface area contributed by atoms with Crippen molar-refractivity contribution in [2.75, 3.05) is 0 Å². The lowest BCUT2D eigenvalue weighted by molar-refractivity contribution is 0.186. The molecular weight excluding hydrogens is 200 g/mol. The number of ether oxygens (including phenoxy) is 1. The number of aromatic amines is 1. The molecule has 0 radical (unpaired) electrons. The lowest BCUT2D eigenvalue weighted by atomic mass is 10.1. The molecule has 3 N–H and O–H groups in total. The zero-order valence-electron chi connectivity index (χ0n) is 8.87. The Morgan fingerprint density at radius 2 is 2.27 bits per heavy atom. The van der Waals surface area contributed by atoms with Crippen molar-refractivity contribution in [3.05, 3.63) is 5.82 Å². The van der Waals surface area contributed by atoms with Crippen LogP contribution in [0.1, 0.15) is 26.6 Å². The summed E-state index contributed by atoms with van der Waals surface area (Å²) in [7, 11) is 0. The second kappa shape index (κ2) is 4.26. The van der Waals surface area contributed by atoms with E-state index < -0.39 is 6.09 Å². The first-order valence-electron chi connectivity index (χ1n) is 4.43. The van der Waals surface area contributed by atoms with Gasteiger partial charge >= 0.3 is 12.1 Å². The molecule has 0 aromatic carbocycles. The van der Waals surface area contributed by atoms with E-state index in [1.165, 1.54) is 0 Å². The number of H-pyrrole nitrogens is 1. The van der Waals surface area contributed by atoms with Gasteiger partial charge in [0.05, 0.1) is 0 Å². The number of aromatic nitrogens is 3. The molecular formula is C8H14N4O3. The maximum absolute atomic E-state index is 11.2. The number of hydrogen-bond donors (Lipinski definition) is 3. The van der Waals surface area contributed by atoms with Crippen LogP contribution in [0.15, 0.2) is 0 Å². The van der Waals surface area contributed by atoms with Gasteiger partial charge in [0.15, 0.2) is 5.82 Å². The molecule has 1 aromatic rings. The monoisotopic (exact) mass is 214 g/mol. The van der Waals surface area contributed by atoms with Crippen LogP contribution in [0.5, 0.6) is 6.01 Å². The number of amides is 1. The first-order valence-corrected chi connectivity index (χ1v) is 4.43. The highest BCUT2D eigenvalue weighted by Gasteiger charge is 2.16. The van der Waals surface area contributed by atoms with E-state index >= 15 is 0 Å². The number of carbonyl (C=O) groups excluding carboxylic acids is 1. The normalized spacial score (nSPS) is 11.2. The lowest BCUT2D eigenvalue weighted by Gasteiger charge is -2.18. The molecule has 1 aromatic heterocycles. The molecule has 15 heavy (non-hydrogen) atoms. The number of nitrogens with one attached hydrogen (secondary N) is 2. The number of carbonyl (C=O) groups is 1. The molecule has 0 aliphatic heterocycles. The molecule has 7 nitrogen and oxygen atoms in total. The van der Waals surface area contributed by atoms with Crippen molar-refractivity contribution in [1.82, 2.24) is 20.5 Å². The molecule has 0 bridgehead atoms. The van der Waals surface area contributed by atoms with Gasteiger partial charge in [-0.15, -0.1) is 5.10 Å². The smallest absolute Gasteiger partial charge is 0.388 e. The molecule has 0 fully saturated rings. The minimum atomic E-state index is -0.633. The third-order valence-electron chi connectivity index (χ3n) is 1.32. The SMILES string of the molecule is CC(C)(C)NC(=O)Oc1n[nH]c(CO)n1. The van der Waals surface area contributed by atoms with E-state index in [2.05, 4.69) is 20.5 Å². The molecule has 0 saturated heterocycles. The van der Waals surface area contributed by atoms with Gasteiger partial charge in [-0.25, -0.2) is 4.79 Å². The van der Waals surface area contributed by atoms with Crippen LogP contribution in [0.2, 0.25) is 0 Å². The van der Waals surface area contributed by atoms with Crippen LogP contribution in [0.4, 0.5) is 4.79 Å². The first kappa shape index (κ1) is 11.4. The largest absolute Gasteiger partial charge is 0.415 e. The van der Waals surface area contributed by atoms with Crippen LogP contribution in [0.25, 0.3) is 0 Å². The van der Waals surface area contributed by atoms with Gasteiger partial charge in [-0.3, -0.25) is 5.10 Å². The molecule has 7 heteroatoms. The zero-order chi connectivity index (χ0) is 11.5. The van der Waals surface area contributed by atoms with E-state index in [1.807, 2.05) is 20.8 Å². The molecule has 0 unspecified atom stereocenters. The summed E-state index contributed by atoms with van der Waals surface area (Å²) >= 11 is 0. The molecule has 0 atom stereocenters. The highest BCUT2D eigenvalue weighted by molar-refractivity contribution is 5.70. The molecule has 1 amide bonds. The van der Waals surface area contributed by atoms with Gasteiger partial charge in [0.2, 0.25) is 0 Å². The van der Waals surface area contributed by atoms with Gasteiger partial charge < -0.3 is 15.2 Å². The Kier molecular flexibility index (Phi) is 3.25. The fraction of sp³-hybridized carbons (Fsp3) is 0.625. The van der Waals surface area contributed by atoms with Crippen molar-refractivity contribution in [3.8, 4) is 6.01 Å². The summed E-state index contributed by atoms with van der Waals surface area (Å²) in [5.74, 6) is 0.244. The first-order chi connectivity index (χ1) is 6.90. The van der Waals surface area contributed by atoms with Crippen LogP contribution in [-0.4, -0.2) is 31.9 Å². The third-order valence-corrected chi connectivity index (χ3v) is 1.32. The topological polar surface area (TPSA) is 100 Å². The van der Waals surface area contributed by atoms with Crippen molar-refractivity contribution < 1.29 is 14.6 Å². The molecule has 0 spiro atoms. The van der Waals surface area contributed by atoms with Crippen LogP contribution in [0, 0.1) is 0 Å². The molecule has 1 rings (SSSR count).